The van der Waals surface area contributed by atoms with Crippen LogP contribution in [0.2, 0.25) is 0 Å². The number of aliphatic imine (C=N–C) groups is 1. The lowest BCUT2D eigenvalue weighted by Crippen LogP contribution is -1.92. The Morgan fingerprint density at radius 3 is 2.93 bits per heavy atom. The highest BCUT2D eigenvalue weighted by atomic mass is 19.1. The van der Waals surface area contributed by atoms with Gasteiger partial charge >= 0.3 is 0 Å². The van der Waals surface area contributed by atoms with Crippen LogP contribution >= 0.6 is 0 Å². The molecule has 0 heterocycles. The number of nitriles is 1. The van der Waals surface area contributed by atoms with Gasteiger partial charge in [-0.25, -0.2) is 14.2 Å². The summed E-state index contributed by atoms with van der Waals surface area (Å²) < 4.78 is 12.9. The standard InChI is InChI=1S/C10H7FN2O/c11-10-2-1-8(3-4-13-7-14)5-9(10)6-12/h1-2,5H,3-4H2. The molecule has 14 heavy (non-hydrogen) atoms. The molecule has 0 unspecified atom stereocenters. The van der Waals surface area contributed by atoms with Gasteiger partial charge in [-0.05, 0) is 24.1 Å². The first kappa shape index (κ1) is 10.1. The number of rotatable bonds is 3. The summed E-state index contributed by atoms with van der Waals surface area (Å²) in [6.45, 7) is 0.306. The third-order valence-electron chi connectivity index (χ3n) is 1.73. The highest BCUT2D eigenvalue weighted by molar-refractivity contribution is 5.35. The van der Waals surface area contributed by atoms with Crippen molar-refractivity contribution >= 4 is 6.08 Å². The summed E-state index contributed by atoms with van der Waals surface area (Å²) in [4.78, 5) is 13.1. The average Bonchev–Trinajstić information content (AvgIpc) is 2.21. The van der Waals surface area contributed by atoms with E-state index in [1.165, 1.54) is 18.2 Å². The Bertz CT molecular complexity index is 417. The van der Waals surface area contributed by atoms with Gasteiger partial charge in [-0.2, -0.15) is 5.26 Å². The number of hydrogen-bond acceptors (Lipinski definition) is 3. The van der Waals surface area contributed by atoms with Crippen molar-refractivity contribution in [1.82, 2.24) is 0 Å². The van der Waals surface area contributed by atoms with Crippen LogP contribution < -0.4 is 0 Å². The van der Waals surface area contributed by atoms with Crippen LogP contribution in [0.3, 0.4) is 0 Å². The molecule has 70 valence electrons. The van der Waals surface area contributed by atoms with E-state index >= 15 is 0 Å². The Kier molecular flexibility index (Phi) is 3.54. The van der Waals surface area contributed by atoms with E-state index < -0.39 is 5.82 Å². The minimum absolute atomic E-state index is 0.0117. The Balaban J connectivity index is 2.80. The van der Waals surface area contributed by atoms with Crippen molar-refractivity contribution in [3.63, 3.8) is 0 Å². The molecule has 0 aliphatic carbocycles. The van der Waals surface area contributed by atoms with Crippen molar-refractivity contribution in [2.45, 2.75) is 6.42 Å². The minimum Gasteiger partial charge on any atom is -0.211 e. The maximum absolute atomic E-state index is 12.9. The summed E-state index contributed by atoms with van der Waals surface area (Å²) in [6.07, 6.45) is 1.92. The Morgan fingerprint density at radius 2 is 2.29 bits per heavy atom. The highest BCUT2D eigenvalue weighted by Gasteiger charge is 2.01. The zero-order valence-corrected chi connectivity index (χ0v) is 7.33. The van der Waals surface area contributed by atoms with E-state index in [-0.39, 0.29) is 5.56 Å². The molecule has 0 N–H and O–H groups in total. The van der Waals surface area contributed by atoms with Crippen LogP contribution in [0.15, 0.2) is 23.2 Å². The van der Waals surface area contributed by atoms with Crippen molar-refractivity contribution in [3.05, 3.63) is 35.1 Å². The molecule has 0 spiro atoms. The average molecular weight is 190 g/mol. The van der Waals surface area contributed by atoms with Gasteiger partial charge in [0, 0.05) is 0 Å². The summed E-state index contributed by atoms with van der Waals surface area (Å²) in [6, 6.07) is 6.00. The van der Waals surface area contributed by atoms with Crippen molar-refractivity contribution in [2.24, 2.45) is 4.99 Å². The second kappa shape index (κ2) is 4.90. The molecule has 0 atom stereocenters. The number of carbonyl (C=O) groups excluding carboxylic acids is 1. The Morgan fingerprint density at radius 1 is 1.50 bits per heavy atom. The lowest BCUT2D eigenvalue weighted by Gasteiger charge is -1.98. The van der Waals surface area contributed by atoms with E-state index in [0.29, 0.717) is 13.0 Å². The predicted octanol–water partition coefficient (Wildman–Crippen LogP) is 1.58. The molecular weight excluding hydrogens is 183 g/mol. The zero-order chi connectivity index (χ0) is 10.4. The van der Waals surface area contributed by atoms with E-state index in [9.17, 15) is 9.18 Å². The summed E-state index contributed by atoms with van der Waals surface area (Å²) in [5.74, 6) is -0.532. The quantitative estimate of drug-likeness (QED) is 0.536. The molecule has 1 rings (SSSR count). The van der Waals surface area contributed by atoms with Crippen LogP contribution in [0.25, 0.3) is 0 Å². The maximum Gasteiger partial charge on any atom is 0.234 e. The van der Waals surface area contributed by atoms with Crippen LogP contribution in [0, 0.1) is 17.1 Å². The molecule has 0 fully saturated rings. The van der Waals surface area contributed by atoms with Gasteiger partial charge in [0.1, 0.15) is 11.9 Å². The SMILES string of the molecule is N#Cc1cc(CCN=C=O)ccc1F. The lowest BCUT2D eigenvalue weighted by molar-refractivity contribution is 0.563. The zero-order valence-electron chi connectivity index (χ0n) is 7.33. The fourth-order valence-electron chi connectivity index (χ4n) is 1.04. The summed E-state index contributed by atoms with van der Waals surface area (Å²) in [5.41, 5.74) is 0.791. The van der Waals surface area contributed by atoms with E-state index in [1.54, 1.807) is 12.1 Å². The summed E-state index contributed by atoms with van der Waals surface area (Å²) in [5, 5.41) is 8.54. The van der Waals surface area contributed by atoms with E-state index in [2.05, 4.69) is 4.99 Å². The fourth-order valence-corrected chi connectivity index (χ4v) is 1.04. The monoisotopic (exact) mass is 190 g/mol. The van der Waals surface area contributed by atoms with E-state index in [4.69, 9.17) is 5.26 Å². The molecule has 0 aliphatic heterocycles. The van der Waals surface area contributed by atoms with Gasteiger partial charge in [0.25, 0.3) is 0 Å². The molecule has 0 radical (unpaired) electrons. The van der Waals surface area contributed by atoms with Gasteiger partial charge in [0.05, 0.1) is 12.1 Å². The van der Waals surface area contributed by atoms with Crippen LogP contribution in [0.5, 0.6) is 0 Å². The van der Waals surface area contributed by atoms with Gasteiger partial charge in [-0.3, -0.25) is 0 Å². The van der Waals surface area contributed by atoms with Crippen molar-refractivity contribution in [2.75, 3.05) is 6.54 Å². The highest BCUT2D eigenvalue weighted by Crippen LogP contribution is 2.09. The van der Waals surface area contributed by atoms with Crippen molar-refractivity contribution in [1.29, 1.82) is 5.26 Å². The minimum atomic E-state index is -0.532. The van der Waals surface area contributed by atoms with Crippen LogP contribution in [-0.2, 0) is 11.2 Å². The normalized spacial score (nSPS) is 8.86. The molecule has 0 amide bonds. The molecule has 0 aliphatic rings. The molecule has 0 bridgehead atoms. The van der Waals surface area contributed by atoms with Crippen LogP contribution in [-0.4, -0.2) is 12.6 Å². The fraction of sp³-hybridized carbons (Fsp3) is 0.200. The maximum atomic E-state index is 12.9. The van der Waals surface area contributed by atoms with Gasteiger partial charge in [0.2, 0.25) is 6.08 Å². The Hall–Kier alpha value is -1.98. The molecule has 1 aromatic carbocycles. The third-order valence-corrected chi connectivity index (χ3v) is 1.73. The lowest BCUT2D eigenvalue weighted by atomic mass is 10.1. The number of halogens is 1. The summed E-state index contributed by atoms with van der Waals surface area (Å²) in [7, 11) is 0. The number of nitrogens with zero attached hydrogens (tertiary/aromatic N) is 2. The number of isocyanates is 1. The van der Waals surface area contributed by atoms with Gasteiger partial charge in [0.15, 0.2) is 0 Å². The number of benzene rings is 1. The van der Waals surface area contributed by atoms with E-state index in [0.717, 1.165) is 5.56 Å². The molecule has 1 aromatic rings. The molecule has 0 saturated carbocycles. The molecule has 0 saturated heterocycles. The molecule has 0 aromatic heterocycles. The van der Waals surface area contributed by atoms with Crippen LogP contribution in [0.1, 0.15) is 11.1 Å². The van der Waals surface area contributed by atoms with E-state index in [1.807, 2.05) is 0 Å². The molecular formula is C10H7FN2O. The first-order chi connectivity index (χ1) is 6.77. The largest absolute Gasteiger partial charge is 0.234 e. The van der Waals surface area contributed by atoms with Gasteiger partial charge in [-0.15, -0.1) is 0 Å². The third kappa shape index (κ3) is 2.51. The van der Waals surface area contributed by atoms with Crippen LogP contribution in [0.4, 0.5) is 4.39 Å². The van der Waals surface area contributed by atoms with Crippen molar-refractivity contribution in [3.8, 4) is 6.07 Å². The smallest absolute Gasteiger partial charge is 0.211 e. The Labute approximate surface area is 80.5 Å². The number of hydrogen-bond donors (Lipinski definition) is 0. The topological polar surface area (TPSA) is 53.2 Å². The second-order valence-corrected chi connectivity index (χ2v) is 2.65. The second-order valence-electron chi connectivity index (χ2n) is 2.65. The summed E-state index contributed by atoms with van der Waals surface area (Å²) >= 11 is 0. The van der Waals surface area contributed by atoms with Crippen molar-refractivity contribution < 1.29 is 9.18 Å². The van der Waals surface area contributed by atoms with Gasteiger partial charge < -0.3 is 0 Å². The predicted molar refractivity (Wildman–Crippen MR) is 47.8 cm³/mol. The van der Waals surface area contributed by atoms with Gasteiger partial charge in [-0.1, -0.05) is 6.07 Å². The molecule has 3 nitrogen and oxygen atoms in total. The first-order valence-electron chi connectivity index (χ1n) is 4.00. The molecule has 4 heteroatoms. The first-order valence-corrected chi connectivity index (χ1v) is 4.00.